The molecule has 18 heavy (non-hydrogen) atoms. The van der Waals surface area contributed by atoms with Gasteiger partial charge in [-0.25, -0.2) is 13.1 Å². The fourth-order valence-electron chi connectivity index (χ4n) is 1.43. The van der Waals surface area contributed by atoms with Crippen LogP contribution in [0, 0.1) is 0 Å². The van der Waals surface area contributed by atoms with Crippen molar-refractivity contribution >= 4 is 33.2 Å². The molecule has 0 saturated carbocycles. The van der Waals surface area contributed by atoms with Crippen molar-refractivity contribution in [1.82, 2.24) is 4.72 Å². The fraction of sp³-hybridized carbons (Fsp3) is 0.455. The second-order valence-electron chi connectivity index (χ2n) is 3.96. The van der Waals surface area contributed by atoms with Crippen LogP contribution in [0.1, 0.15) is 19.8 Å². The summed E-state index contributed by atoms with van der Waals surface area (Å²) in [7, 11) is -3.60. The molecule has 4 nitrogen and oxygen atoms in total. The van der Waals surface area contributed by atoms with Gasteiger partial charge in [-0.3, -0.25) is 0 Å². The highest BCUT2D eigenvalue weighted by Gasteiger charge is 2.18. The van der Waals surface area contributed by atoms with E-state index in [-0.39, 0.29) is 22.6 Å². The van der Waals surface area contributed by atoms with Crippen LogP contribution in [0.3, 0.4) is 0 Å². The van der Waals surface area contributed by atoms with E-state index in [1.165, 1.54) is 18.2 Å². The molecule has 7 heteroatoms. The minimum atomic E-state index is -3.60. The number of nitrogens with one attached hydrogen (secondary N) is 1. The lowest BCUT2D eigenvalue weighted by Crippen LogP contribution is -2.32. The molecule has 0 fully saturated rings. The van der Waals surface area contributed by atoms with E-state index in [4.69, 9.17) is 28.3 Å². The van der Waals surface area contributed by atoms with E-state index in [1.54, 1.807) is 6.92 Å². The predicted molar refractivity (Wildman–Crippen MR) is 72.6 cm³/mol. The molecule has 0 amide bonds. The van der Waals surface area contributed by atoms with Gasteiger partial charge in [-0.05, 0) is 38.0 Å². The first-order valence-corrected chi connectivity index (χ1v) is 7.69. The van der Waals surface area contributed by atoms with Crippen molar-refractivity contribution in [1.29, 1.82) is 0 Å². The maximum absolute atomic E-state index is 12.0. The minimum Gasteiger partial charge on any atom is -0.396 e. The molecule has 102 valence electrons. The summed E-state index contributed by atoms with van der Waals surface area (Å²) < 4.78 is 26.5. The van der Waals surface area contributed by atoms with Crippen LogP contribution in [-0.4, -0.2) is 26.2 Å². The third-order valence-corrected chi connectivity index (χ3v) is 4.68. The standard InChI is InChI=1S/C11H15Cl2NO3S/c1-8(3-2-6-15)14-18(16,17)9-4-5-10(12)11(13)7-9/h4-5,7-8,14-15H,2-3,6H2,1H3. The second-order valence-corrected chi connectivity index (χ2v) is 6.49. The number of aliphatic hydroxyl groups excluding tert-OH is 1. The van der Waals surface area contributed by atoms with E-state index in [9.17, 15) is 8.42 Å². The van der Waals surface area contributed by atoms with Gasteiger partial charge in [0.1, 0.15) is 0 Å². The quantitative estimate of drug-likeness (QED) is 0.848. The molecule has 0 spiro atoms. The molecule has 1 aromatic carbocycles. The van der Waals surface area contributed by atoms with Crippen LogP contribution in [-0.2, 0) is 10.0 Å². The summed E-state index contributed by atoms with van der Waals surface area (Å²) in [6, 6.07) is 3.90. The molecule has 0 aromatic heterocycles. The Hall–Kier alpha value is -0.330. The lowest BCUT2D eigenvalue weighted by Gasteiger charge is -2.13. The molecule has 0 radical (unpaired) electrons. The normalized spacial score (nSPS) is 13.6. The Bertz CT molecular complexity index is 505. The number of benzene rings is 1. The largest absolute Gasteiger partial charge is 0.396 e. The first-order valence-electron chi connectivity index (χ1n) is 5.45. The highest BCUT2D eigenvalue weighted by molar-refractivity contribution is 7.89. The summed E-state index contributed by atoms with van der Waals surface area (Å²) in [5.74, 6) is 0. The maximum Gasteiger partial charge on any atom is 0.240 e. The number of hydrogen-bond acceptors (Lipinski definition) is 3. The van der Waals surface area contributed by atoms with E-state index < -0.39 is 10.0 Å². The Balaban J connectivity index is 2.83. The number of halogens is 2. The first kappa shape index (κ1) is 15.7. The van der Waals surface area contributed by atoms with Gasteiger partial charge in [0, 0.05) is 12.6 Å². The number of sulfonamides is 1. The van der Waals surface area contributed by atoms with E-state index in [2.05, 4.69) is 4.72 Å². The zero-order chi connectivity index (χ0) is 13.8. The molecule has 1 rings (SSSR count). The monoisotopic (exact) mass is 311 g/mol. The summed E-state index contributed by atoms with van der Waals surface area (Å²) in [5, 5.41) is 9.19. The highest BCUT2D eigenvalue weighted by Crippen LogP contribution is 2.24. The molecule has 0 aliphatic rings. The van der Waals surface area contributed by atoms with Crippen molar-refractivity contribution in [3.8, 4) is 0 Å². The summed E-state index contributed by atoms with van der Waals surface area (Å²) in [6.07, 6.45) is 1.11. The Morgan fingerprint density at radius 2 is 2.00 bits per heavy atom. The zero-order valence-electron chi connectivity index (χ0n) is 9.86. The molecule has 2 N–H and O–H groups in total. The Labute approximate surface area is 117 Å². The van der Waals surface area contributed by atoms with Crippen LogP contribution < -0.4 is 4.72 Å². The Morgan fingerprint density at radius 3 is 2.56 bits per heavy atom. The van der Waals surface area contributed by atoms with E-state index in [0.29, 0.717) is 17.9 Å². The Kier molecular flexibility index (Phi) is 5.88. The summed E-state index contributed by atoms with van der Waals surface area (Å²) in [6.45, 7) is 1.78. The third kappa shape index (κ3) is 4.40. The second kappa shape index (κ2) is 6.73. The van der Waals surface area contributed by atoms with Crippen molar-refractivity contribution in [3.05, 3.63) is 28.2 Å². The highest BCUT2D eigenvalue weighted by atomic mass is 35.5. The van der Waals surface area contributed by atoms with Crippen LogP contribution in [0.25, 0.3) is 0 Å². The van der Waals surface area contributed by atoms with Gasteiger partial charge in [-0.1, -0.05) is 23.2 Å². The van der Waals surface area contributed by atoms with Crippen molar-refractivity contribution in [3.63, 3.8) is 0 Å². The maximum atomic E-state index is 12.0. The fourth-order valence-corrected chi connectivity index (χ4v) is 3.10. The average molecular weight is 312 g/mol. The van der Waals surface area contributed by atoms with Gasteiger partial charge in [0.2, 0.25) is 10.0 Å². The smallest absolute Gasteiger partial charge is 0.240 e. The van der Waals surface area contributed by atoms with Crippen LogP contribution in [0.15, 0.2) is 23.1 Å². The van der Waals surface area contributed by atoms with Gasteiger partial charge in [0.15, 0.2) is 0 Å². The zero-order valence-corrected chi connectivity index (χ0v) is 12.2. The van der Waals surface area contributed by atoms with Crippen molar-refractivity contribution in [2.24, 2.45) is 0 Å². The van der Waals surface area contributed by atoms with Gasteiger partial charge in [0.25, 0.3) is 0 Å². The topological polar surface area (TPSA) is 66.4 Å². The van der Waals surface area contributed by atoms with Gasteiger partial charge >= 0.3 is 0 Å². The molecule has 1 aromatic rings. The summed E-state index contributed by atoms with van der Waals surface area (Å²) in [4.78, 5) is 0.0766. The number of aliphatic hydroxyl groups is 1. The van der Waals surface area contributed by atoms with Crippen LogP contribution in [0.2, 0.25) is 10.0 Å². The van der Waals surface area contributed by atoms with Gasteiger partial charge in [-0.2, -0.15) is 0 Å². The van der Waals surface area contributed by atoms with Gasteiger partial charge in [0.05, 0.1) is 14.9 Å². The van der Waals surface area contributed by atoms with Gasteiger partial charge in [-0.15, -0.1) is 0 Å². The number of rotatable bonds is 6. The minimum absolute atomic E-state index is 0.0405. The SMILES string of the molecule is CC(CCCO)NS(=O)(=O)c1ccc(Cl)c(Cl)c1. The van der Waals surface area contributed by atoms with E-state index >= 15 is 0 Å². The molecule has 0 aliphatic carbocycles. The lowest BCUT2D eigenvalue weighted by atomic mass is 10.2. The molecule has 1 unspecified atom stereocenters. The molecule has 0 saturated heterocycles. The predicted octanol–water partition coefficient (Wildman–Crippen LogP) is 2.43. The van der Waals surface area contributed by atoms with E-state index in [0.717, 1.165) is 0 Å². The van der Waals surface area contributed by atoms with Crippen LogP contribution >= 0.6 is 23.2 Å². The van der Waals surface area contributed by atoms with Crippen LogP contribution in [0.5, 0.6) is 0 Å². The molecule has 0 heterocycles. The Morgan fingerprint density at radius 1 is 1.33 bits per heavy atom. The first-order chi connectivity index (χ1) is 8.36. The molecule has 0 aliphatic heterocycles. The van der Waals surface area contributed by atoms with Crippen molar-refractivity contribution in [2.75, 3.05) is 6.61 Å². The molecular formula is C11H15Cl2NO3S. The third-order valence-electron chi connectivity index (χ3n) is 2.35. The van der Waals surface area contributed by atoms with Crippen molar-refractivity contribution in [2.45, 2.75) is 30.7 Å². The lowest BCUT2D eigenvalue weighted by molar-refractivity contribution is 0.279. The van der Waals surface area contributed by atoms with Crippen LogP contribution in [0.4, 0.5) is 0 Å². The van der Waals surface area contributed by atoms with Gasteiger partial charge < -0.3 is 5.11 Å². The van der Waals surface area contributed by atoms with Crippen molar-refractivity contribution < 1.29 is 13.5 Å². The molecule has 1 atom stereocenters. The summed E-state index contributed by atoms with van der Waals surface area (Å²) >= 11 is 11.5. The molecular weight excluding hydrogens is 297 g/mol. The van der Waals surface area contributed by atoms with E-state index in [1.807, 2.05) is 0 Å². The average Bonchev–Trinajstić information content (AvgIpc) is 2.29. The number of hydrogen-bond donors (Lipinski definition) is 2. The molecule has 0 bridgehead atoms. The summed E-state index contributed by atoms with van der Waals surface area (Å²) in [5.41, 5.74) is 0.